The molecule has 2 bridgehead atoms. The van der Waals surface area contributed by atoms with Gasteiger partial charge in [0.15, 0.2) is 0 Å². The van der Waals surface area contributed by atoms with Crippen molar-refractivity contribution >= 4 is 6.98 Å². The topological polar surface area (TPSA) is 0 Å². The molecule has 0 radical (unpaired) electrons. The number of rotatable bonds is 2. The van der Waals surface area contributed by atoms with Crippen molar-refractivity contribution in [3.63, 3.8) is 0 Å². The van der Waals surface area contributed by atoms with Crippen molar-refractivity contribution < 1.29 is 12.9 Å². The number of hydrogen-bond donors (Lipinski definition) is 0. The Hall–Kier alpha value is -0.145. The highest BCUT2D eigenvalue weighted by Crippen LogP contribution is 2.85. The smallest absolute Gasteiger partial charge is 0.449 e. The van der Waals surface area contributed by atoms with Gasteiger partial charge >= 0.3 is 6.98 Å². The zero-order valence-electron chi connectivity index (χ0n) is 8.95. The van der Waals surface area contributed by atoms with E-state index in [-0.39, 0.29) is 5.41 Å². The zero-order chi connectivity index (χ0) is 10.7. The van der Waals surface area contributed by atoms with Crippen LogP contribution in [0.1, 0.15) is 51.4 Å². The SMILES string of the molecule is F[B-](F)(F)C12CC(C3CCCCC3)(C1)C2. The van der Waals surface area contributed by atoms with Crippen molar-refractivity contribution in [1.29, 1.82) is 0 Å². The van der Waals surface area contributed by atoms with E-state index in [4.69, 9.17) is 0 Å². The summed E-state index contributed by atoms with van der Waals surface area (Å²) in [5, 5.41) is -1.17. The van der Waals surface area contributed by atoms with Crippen LogP contribution in [0, 0.1) is 11.3 Å². The molecule has 86 valence electrons. The second-order valence-electron chi connectivity index (χ2n) is 6.16. The Morgan fingerprint density at radius 1 is 0.867 bits per heavy atom. The van der Waals surface area contributed by atoms with E-state index < -0.39 is 12.3 Å². The largest absolute Gasteiger partial charge is 0.484 e. The summed E-state index contributed by atoms with van der Waals surface area (Å²) in [5.74, 6) is 0.631. The lowest BCUT2D eigenvalue weighted by molar-refractivity contribution is -0.162. The zero-order valence-corrected chi connectivity index (χ0v) is 8.95. The van der Waals surface area contributed by atoms with Crippen molar-refractivity contribution in [2.45, 2.75) is 56.7 Å². The molecule has 4 aliphatic carbocycles. The lowest BCUT2D eigenvalue weighted by Crippen LogP contribution is -2.67. The fourth-order valence-electron chi connectivity index (χ4n) is 4.44. The van der Waals surface area contributed by atoms with E-state index in [0.717, 1.165) is 0 Å². The Morgan fingerprint density at radius 3 is 1.87 bits per heavy atom. The summed E-state index contributed by atoms with van der Waals surface area (Å²) in [4.78, 5) is 0. The predicted octanol–water partition coefficient (Wildman–Crippen LogP) is 4.34. The summed E-state index contributed by atoms with van der Waals surface area (Å²) in [6, 6.07) is 0. The van der Waals surface area contributed by atoms with Gasteiger partial charge in [0.05, 0.1) is 0 Å². The first-order valence-electron chi connectivity index (χ1n) is 6.17. The van der Waals surface area contributed by atoms with E-state index in [1.54, 1.807) is 0 Å². The van der Waals surface area contributed by atoms with Gasteiger partial charge in [-0.2, -0.15) is 0 Å². The molecule has 0 unspecified atom stereocenters. The fraction of sp³-hybridized carbons (Fsp3) is 1.00. The van der Waals surface area contributed by atoms with Gasteiger partial charge in [0.25, 0.3) is 0 Å². The molecule has 0 saturated heterocycles. The molecule has 0 heterocycles. The average Bonchev–Trinajstić information content (AvgIpc) is 1.98. The van der Waals surface area contributed by atoms with Crippen molar-refractivity contribution in [1.82, 2.24) is 0 Å². The molecular formula is C11H17BF3-. The van der Waals surface area contributed by atoms with E-state index in [1.807, 2.05) is 0 Å². The summed E-state index contributed by atoms with van der Waals surface area (Å²) < 4.78 is 38.2. The Bertz CT molecular complexity index is 258. The molecule has 4 fully saturated rings. The maximum atomic E-state index is 12.7. The van der Waals surface area contributed by atoms with Crippen molar-refractivity contribution in [3.05, 3.63) is 0 Å². The van der Waals surface area contributed by atoms with Crippen LogP contribution >= 0.6 is 0 Å². The predicted molar refractivity (Wildman–Crippen MR) is 54.6 cm³/mol. The highest BCUT2D eigenvalue weighted by molar-refractivity contribution is 6.63. The van der Waals surface area contributed by atoms with Crippen molar-refractivity contribution in [2.24, 2.45) is 11.3 Å². The number of halogens is 3. The Balaban J connectivity index is 1.65. The van der Waals surface area contributed by atoms with Gasteiger partial charge in [0.1, 0.15) is 0 Å². The highest BCUT2D eigenvalue weighted by Gasteiger charge is 2.75. The summed E-state index contributed by atoms with van der Waals surface area (Å²) >= 11 is 0. The summed E-state index contributed by atoms with van der Waals surface area (Å²) in [6.45, 7) is -4.56. The summed E-state index contributed by atoms with van der Waals surface area (Å²) in [5.41, 5.74) is 0.150. The van der Waals surface area contributed by atoms with Crippen LogP contribution in [-0.4, -0.2) is 6.98 Å². The molecule has 0 aromatic heterocycles. The maximum absolute atomic E-state index is 12.7. The maximum Gasteiger partial charge on any atom is 0.484 e. The second-order valence-corrected chi connectivity index (χ2v) is 6.16. The van der Waals surface area contributed by atoms with E-state index in [9.17, 15) is 12.9 Å². The summed E-state index contributed by atoms with van der Waals surface area (Å²) in [6.07, 6.45) is 7.62. The van der Waals surface area contributed by atoms with Crippen LogP contribution in [0.4, 0.5) is 12.9 Å². The fourth-order valence-corrected chi connectivity index (χ4v) is 4.44. The molecule has 0 aromatic carbocycles. The Kier molecular flexibility index (Phi) is 1.84. The molecule has 0 N–H and O–H groups in total. The average molecular weight is 217 g/mol. The quantitative estimate of drug-likeness (QED) is 0.603. The molecule has 4 heteroatoms. The van der Waals surface area contributed by atoms with E-state index in [0.29, 0.717) is 25.2 Å². The van der Waals surface area contributed by atoms with Crippen LogP contribution in [0.5, 0.6) is 0 Å². The first-order chi connectivity index (χ1) is 6.98. The van der Waals surface area contributed by atoms with Gasteiger partial charge in [-0.25, -0.2) is 0 Å². The van der Waals surface area contributed by atoms with Crippen LogP contribution in [0.15, 0.2) is 0 Å². The number of hydrogen-bond acceptors (Lipinski definition) is 0. The molecule has 0 aliphatic heterocycles. The summed E-state index contributed by atoms with van der Waals surface area (Å²) in [7, 11) is 0. The Labute approximate surface area is 88.7 Å². The van der Waals surface area contributed by atoms with Gasteiger partial charge in [0, 0.05) is 0 Å². The lowest BCUT2D eigenvalue weighted by atomic mass is 9.22. The van der Waals surface area contributed by atoms with Gasteiger partial charge < -0.3 is 12.9 Å². The van der Waals surface area contributed by atoms with Gasteiger partial charge in [-0.1, -0.05) is 43.8 Å². The normalized spacial score (nSPS) is 45.8. The third-order valence-electron chi connectivity index (χ3n) is 5.28. The van der Waals surface area contributed by atoms with Crippen LogP contribution in [0.25, 0.3) is 0 Å². The molecular weight excluding hydrogens is 200 g/mol. The third-order valence-corrected chi connectivity index (χ3v) is 5.28. The van der Waals surface area contributed by atoms with Crippen LogP contribution < -0.4 is 0 Å². The van der Waals surface area contributed by atoms with Crippen LogP contribution in [-0.2, 0) is 0 Å². The highest BCUT2D eigenvalue weighted by atomic mass is 19.4. The van der Waals surface area contributed by atoms with E-state index >= 15 is 0 Å². The van der Waals surface area contributed by atoms with Crippen LogP contribution in [0.3, 0.4) is 0 Å². The lowest BCUT2D eigenvalue weighted by Gasteiger charge is -2.78. The second kappa shape index (κ2) is 2.75. The van der Waals surface area contributed by atoms with E-state index in [1.165, 1.54) is 32.1 Å². The molecule has 0 aromatic rings. The van der Waals surface area contributed by atoms with Crippen molar-refractivity contribution in [2.75, 3.05) is 0 Å². The molecule has 0 nitrogen and oxygen atoms in total. The van der Waals surface area contributed by atoms with E-state index in [2.05, 4.69) is 0 Å². The molecule has 0 amide bonds. The minimum absolute atomic E-state index is 0.150. The molecule has 4 aliphatic rings. The van der Waals surface area contributed by atoms with Gasteiger partial charge in [-0.3, -0.25) is 0 Å². The van der Waals surface area contributed by atoms with Gasteiger partial charge in [0.2, 0.25) is 0 Å². The molecule has 4 rings (SSSR count). The van der Waals surface area contributed by atoms with Crippen molar-refractivity contribution in [3.8, 4) is 0 Å². The molecule has 0 atom stereocenters. The molecule has 15 heavy (non-hydrogen) atoms. The Morgan fingerprint density at radius 2 is 1.40 bits per heavy atom. The molecule has 4 saturated carbocycles. The minimum atomic E-state index is -4.56. The van der Waals surface area contributed by atoms with Gasteiger partial charge in [-0.15, -0.1) is 0 Å². The third kappa shape index (κ3) is 1.17. The standard InChI is InChI=1S/C11H17BF3/c13-12(14,15)11-6-10(7-11,8-11)9-4-2-1-3-5-9/h9H,1-8H2/q-1. The monoisotopic (exact) mass is 217 g/mol. The minimum Gasteiger partial charge on any atom is -0.449 e. The molecule has 0 spiro atoms. The first kappa shape index (κ1) is 10.0. The van der Waals surface area contributed by atoms with Crippen LogP contribution in [0.2, 0.25) is 5.31 Å². The van der Waals surface area contributed by atoms with Gasteiger partial charge in [-0.05, 0) is 24.2 Å². The first-order valence-corrected chi connectivity index (χ1v) is 6.17.